The fourth-order valence-corrected chi connectivity index (χ4v) is 4.08. The number of carboxylic acids is 1. The van der Waals surface area contributed by atoms with Crippen molar-refractivity contribution in [3.8, 4) is 0 Å². The molecule has 31 heavy (non-hydrogen) atoms. The van der Waals surface area contributed by atoms with Crippen molar-refractivity contribution < 1.29 is 29.0 Å². The number of hydrogen-bond acceptors (Lipinski definition) is 7. The lowest BCUT2D eigenvalue weighted by Crippen LogP contribution is -2.34. The number of carbonyl (C=O) groups is 4. The Hall–Kier alpha value is -3.33. The molecular weight excluding hydrogens is 420 g/mol. The minimum Gasteiger partial charge on any atom is -0.478 e. The molecule has 2 N–H and O–H groups in total. The number of amides is 2. The van der Waals surface area contributed by atoms with E-state index in [1.54, 1.807) is 25.1 Å². The van der Waals surface area contributed by atoms with E-state index in [-0.39, 0.29) is 31.1 Å². The van der Waals surface area contributed by atoms with Crippen molar-refractivity contribution in [1.82, 2.24) is 4.90 Å². The van der Waals surface area contributed by atoms with E-state index in [2.05, 4.69) is 5.32 Å². The first-order valence-corrected chi connectivity index (χ1v) is 10.5. The molecule has 0 spiro atoms. The van der Waals surface area contributed by atoms with Crippen LogP contribution in [0.15, 0.2) is 42.5 Å². The van der Waals surface area contributed by atoms with Crippen molar-refractivity contribution >= 4 is 40.5 Å². The maximum Gasteiger partial charge on any atom is 0.335 e. The van der Waals surface area contributed by atoms with Crippen LogP contribution in [0.3, 0.4) is 0 Å². The highest BCUT2D eigenvalue weighted by Crippen LogP contribution is 2.31. The summed E-state index contributed by atoms with van der Waals surface area (Å²) in [6.07, 6.45) is 0.0447. The smallest absolute Gasteiger partial charge is 0.335 e. The van der Waals surface area contributed by atoms with E-state index in [9.17, 15) is 19.2 Å². The van der Waals surface area contributed by atoms with E-state index in [4.69, 9.17) is 9.84 Å². The summed E-state index contributed by atoms with van der Waals surface area (Å²) in [5, 5.41) is 10.9. The third-order valence-corrected chi connectivity index (χ3v) is 5.61. The molecule has 162 valence electrons. The predicted octanol–water partition coefficient (Wildman–Crippen LogP) is 3.43. The second-order valence-corrected chi connectivity index (χ2v) is 8.04. The number of ether oxygens (including phenoxy) is 1. The Bertz CT molecular complexity index is 1040. The second-order valence-electron chi connectivity index (χ2n) is 6.98. The minimum absolute atomic E-state index is 0.0203. The number of nitrogens with one attached hydrogen (secondary N) is 1. The molecule has 0 aliphatic carbocycles. The van der Waals surface area contributed by atoms with Crippen molar-refractivity contribution in [3.63, 3.8) is 0 Å². The lowest BCUT2D eigenvalue weighted by molar-refractivity contribution is -0.142. The molecule has 1 unspecified atom stereocenters. The van der Waals surface area contributed by atoms with Crippen LogP contribution >= 0.6 is 11.8 Å². The SMILES string of the molecule is CCOC(=O)Cc1cc(C)ccc1NC1SC(=O)N(Cc2cccc(C(=O)O)c2)C1=O. The molecule has 2 aromatic rings. The number of benzene rings is 2. The number of thioether (sulfide) groups is 1. The average Bonchev–Trinajstić information content (AvgIpc) is 2.98. The van der Waals surface area contributed by atoms with Gasteiger partial charge in [0.2, 0.25) is 0 Å². The largest absolute Gasteiger partial charge is 0.478 e. The van der Waals surface area contributed by atoms with Gasteiger partial charge in [0.25, 0.3) is 11.1 Å². The van der Waals surface area contributed by atoms with Crippen molar-refractivity contribution in [1.29, 1.82) is 0 Å². The van der Waals surface area contributed by atoms with E-state index in [0.29, 0.717) is 16.8 Å². The summed E-state index contributed by atoms with van der Waals surface area (Å²) in [6.45, 7) is 3.88. The van der Waals surface area contributed by atoms with E-state index < -0.39 is 22.5 Å². The van der Waals surface area contributed by atoms with Crippen LogP contribution in [0.25, 0.3) is 0 Å². The van der Waals surface area contributed by atoms with E-state index in [1.807, 2.05) is 19.1 Å². The first-order chi connectivity index (χ1) is 14.8. The van der Waals surface area contributed by atoms with E-state index in [0.717, 1.165) is 22.2 Å². The maximum absolute atomic E-state index is 12.9. The quantitative estimate of drug-likeness (QED) is 0.598. The molecule has 0 saturated carbocycles. The van der Waals surface area contributed by atoms with Gasteiger partial charge in [-0.15, -0.1) is 0 Å². The van der Waals surface area contributed by atoms with Crippen molar-refractivity contribution in [2.24, 2.45) is 0 Å². The summed E-state index contributed by atoms with van der Waals surface area (Å²) in [5.41, 5.74) is 2.83. The van der Waals surface area contributed by atoms with Gasteiger partial charge in [-0.25, -0.2) is 4.79 Å². The van der Waals surface area contributed by atoms with Gasteiger partial charge in [0.1, 0.15) is 0 Å². The third kappa shape index (κ3) is 5.43. The van der Waals surface area contributed by atoms with Crippen LogP contribution in [0.2, 0.25) is 0 Å². The summed E-state index contributed by atoms with van der Waals surface area (Å²) in [6, 6.07) is 11.6. The number of imide groups is 1. The monoisotopic (exact) mass is 442 g/mol. The maximum atomic E-state index is 12.9. The van der Waals surface area contributed by atoms with Gasteiger partial charge in [0, 0.05) is 5.69 Å². The number of hydrogen-bond donors (Lipinski definition) is 2. The molecular formula is C22H22N2O6S. The van der Waals surface area contributed by atoms with Gasteiger partial charge < -0.3 is 15.2 Å². The van der Waals surface area contributed by atoms with Crippen molar-refractivity contribution in [3.05, 3.63) is 64.7 Å². The predicted molar refractivity (Wildman–Crippen MR) is 116 cm³/mol. The summed E-state index contributed by atoms with van der Waals surface area (Å²) >= 11 is 0.842. The first kappa shape index (κ1) is 22.4. The van der Waals surface area contributed by atoms with Crippen LogP contribution in [-0.4, -0.2) is 45.1 Å². The molecule has 1 fully saturated rings. The topological polar surface area (TPSA) is 113 Å². The number of carbonyl (C=O) groups excluding carboxylic acids is 3. The van der Waals surface area contributed by atoms with Crippen molar-refractivity contribution in [2.45, 2.75) is 32.2 Å². The lowest BCUT2D eigenvalue weighted by atomic mass is 10.1. The molecule has 1 heterocycles. The van der Waals surface area contributed by atoms with Gasteiger partial charge in [-0.05, 0) is 54.9 Å². The number of aryl methyl sites for hydroxylation is 1. The van der Waals surface area contributed by atoms with Crippen LogP contribution in [0.5, 0.6) is 0 Å². The third-order valence-electron chi connectivity index (χ3n) is 4.63. The Balaban J connectivity index is 1.75. The van der Waals surface area contributed by atoms with Gasteiger partial charge in [-0.1, -0.05) is 29.8 Å². The zero-order valence-corrected chi connectivity index (χ0v) is 17.9. The molecule has 2 amide bonds. The second kappa shape index (κ2) is 9.65. The van der Waals surface area contributed by atoms with E-state index >= 15 is 0 Å². The Morgan fingerprint density at radius 1 is 1.19 bits per heavy atom. The molecule has 9 heteroatoms. The van der Waals surface area contributed by atoms with Gasteiger partial charge >= 0.3 is 11.9 Å². The Morgan fingerprint density at radius 3 is 2.68 bits per heavy atom. The molecule has 1 aliphatic rings. The molecule has 1 atom stereocenters. The number of aromatic carboxylic acids is 1. The number of rotatable bonds is 8. The lowest BCUT2D eigenvalue weighted by Gasteiger charge is -2.17. The Kier molecular flexibility index (Phi) is 6.96. The number of esters is 1. The zero-order chi connectivity index (χ0) is 22.5. The summed E-state index contributed by atoms with van der Waals surface area (Å²) < 4.78 is 5.02. The molecule has 0 radical (unpaired) electrons. The van der Waals surface area contributed by atoms with Crippen LogP contribution in [0.1, 0.15) is 34.0 Å². The van der Waals surface area contributed by atoms with Crippen LogP contribution in [0, 0.1) is 6.92 Å². The average molecular weight is 442 g/mol. The fraction of sp³-hybridized carbons (Fsp3) is 0.273. The summed E-state index contributed by atoms with van der Waals surface area (Å²) in [4.78, 5) is 49.5. The normalized spacial score (nSPS) is 15.8. The Labute approximate surface area is 183 Å². The molecule has 1 saturated heterocycles. The molecule has 2 aromatic carbocycles. The molecule has 3 rings (SSSR count). The first-order valence-electron chi connectivity index (χ1n) is 9.64. The summed E-state index contributed by atoms with van der Waals surface area (Å²) in [7, 11) is 0. The van der Waals surface area contributed by atoms with Gasteiger partial charge in [0.15, 0.2) is 5.37 Å². The molecule has 1 aliphatic heterocycles. The standard InChI is InChI=1S/C22H22N2O6S/c1-3-30-18(25)11-16-9-13(2)7-8-17(16)23-19-20(26)24(22(29)31-19)12-14-5-4-6-15(10-14)21(27)28/h4-10,19,23H,3,11-12H2,1-2H3,(H,27,28). The van der Waals surface area contributed by atoms with Crippen LogP contribution in [0.4, 0.5) is 10.5 Å². The highest BCUT2D eigenvalue weighted by molar-refractivity contribution is 8.15. The Morgan fingerprint density at radius 2 is 1.97 bits per heavy atom. The number of nitrogens with zero attached hydrogens (tertiary/aromatic N) is 1. The van der Waals surface area contributed by atoms with Gasteiger partial charge in [-0.2, -0.15) is 0 Å². The summed E-state index contributed by atoms with van der Waals surface area (Å²) in [5.74, 6) is -1.89. The zero-order valence-electron chi connectivity index (χ0n) is 17.1. The molecule has 0 bridgehead atoms. The van der Waals surface area contributed by atoms with Gasteiger partial charge in [-0.3, -0.25) is 19.3 Å². The molecule has 0 aromatic heterocycles. The highest BCUT2D eigenvalue weighted by Gasteiger charge is 2.40. The van der Waals surface area contributed by atoms with Crippen LogP contribution in [-0.2, 0) is 27.3 Å². The number of anilines is 1. The van der Waals surface area contributed by atoms with Gasteiger partial charge in [0.05, 0.1) is 25.1 Å². The minimum atomic E-state index is -1.08. The van der Waals surface area contributed by atoms with Crippen molar-refractivity contribution in [2.75, 3.05) is 11.9 Å². The number of carboxylic acid groups (broad SMARTS) is 1. The molecule has 8 nitrogen and oxygen atoms in total. The van der Waals surface area contributed by atoms with Crippen LogP contribution < -0.4 is 5.32 Å². The fourth-order valence-electron chi connectivity index (χ4n) is 3.18. The van der Waals surface area contributed by atoms with E-state index in [1.165, 1.54) is 12.1 Å². The highest BCUT2D eigenvalue weighted by atomic mass is 32.2.